The molecule has 0 aliphatic heterocycles. The molecular formula is C16H36ClN. The third-order valence-electron chi connectivity index (χ3n) is 2.96. The summed E-state index contributed by atoms with van der Waals surface area (Å²) in [4.78, 5) is 2.28. The van der Waals surface area contributed by atoms with Gasteiger partial charge in [0.25, 0.3) is 0 Å². The highest BCUT2D eigenvalue weighted by molar-refractivity contribution is 5.85. The average molecular weight is 278 g/mol. The van der Waals surface area contributed by atoms with Crippen LogP contribution >= 0.6 is 12.4 Å². The van der Waals surface area contributed by atoms with Crippen LogP contribution in [-0.2, 0) is 0 Å². The van der Waals surface area contributed by atoms with Gasteiger partial charge in [0.15, 0.2) is 0 Å². The highest BCUT2D eigenvalue weighted by atomic mass is 35.5. The van der Waals surface area contributed by atoms with E-state index in [-0.39, 0.29) is 12.4 Å². The van der Waals surface area contributed by atoms with Crippen molar-refractivity contribution < 1.29 is 0 Å². The summed E-state index contributed by atoms with van der Waals surface area (Å²) in [7, 11) is 4.32. The molecule has 1 nitrogen and oxygen atoms in total. The number of hydrogen-bond donors (Lipinski definition) is 0. The van der Waals surface area contributed by atoms with E-state index in [9.17, 15) is 0 Å². The van der Waals surface area contributed by atoms with E-state index >= 15 is 0 Å². The SMILES string of the molecule is C=C.CCCCCCCCCCCCN(C)C.Cl. The topological polar surface area (TPSA) is 3.24 Å². The molecule has 0 radical (unpaired) electrons. The van der Waals surface area contributed by atoms with E-state index in [1.807, 2.05) is 0 Å². The van der Waals surface area contributed by atoms with Crippen LogP contribution in [-0.4, -0.2) is 25.5 Å². The molecule has 0 spiro atoms. The third kappa shape index (κ3) is 25.0. The van der Waals surface area contributed by atoms with Gasteiger partial charge in [-0.1, -0.05) is 64.7 Å². The Morgan fingerprint density at radius 3 is 1.33 bits per heavy atom. The van der Waals surface area contributed by atoms with Crippen molar-refractivity contribution in [2.75, 3.05) is 20.6 Å². The van der Waals surface area contributed by atoms with Gasteiger partial charge in [-0.2, -0.15) is 0 Å². The first-order chi connectivity index (χ1) is 8.27. The van der Waals surface area contributed by atoms with Crippen molar-refractivity contribution in [3.05, 3.63) is 13.2 Å². The van der Waals surface area contributed by atoms with Crippen LogP contribution in [0.5, 0.6) is 0 Å². The summed E-state index contributed by atoms with van der Waals surface area (Å²) >= 11 is 0. The zero-order valence-corrected chi connectivity index (χ0v) is 13.9. The van der Waals surface area contributed by atoms with Crippen LogP contribution in [0, 0.1) is 0 Å². The molecule has 112 valence electrons. The van der Waals surface area contributed by atoms with Crippen LogP contribution in [0.1, 0.15) is 71.1 Å². The Labute approximate surface area is 122 Å². The van der Waals surface area contributed by atoms with Crippen molar-refractivity contribution in [1.29, 1.82) is 0 Å². The van der Waals surface area contributed by atoms with Crippen molar-refractivity contribution in [2.24, 2.45) is 0 Å². The van der Waals surface area contributed by atoms with E-state index in [1.165, 1.54) is 70.8 Å². The van der Waals surface area contributed by atoms with Gasteiger partial charge >= 0.3 is 0 Å². The van der Waals surface area contributed by atoms with Gasteiger partial charge in [-0.05, 0) is 27.1 Å². The Morgan fingerprint density at radius 2 is 1.00 bits per heavy atom. The first-order valence-electron chi connectivity index (χ1n) is 7.42. The fourth-order valence-electron chi connectivity index (χ4n) is 1.92. The Bertz CT molecular complexity index is 126. The van der Waals surface area contributed by atoms with E-state index in [2.05, 4.69) is 39.1 Å². The molecule has 0 bridgehead atoms. The first kappa shape index (κ1) is 23.1. The Morgan fingerprint density at radius 1 is 0.667 bits per heavy atom. The van der Waals surface area contributed by atoms with Crippen LogP contribution in [0.3, 0.4) is 0 Å². The number of unbranched alkanes of at least 4 members (excludes halogenated alkanes) is 9. The molecule has 0 saturated carbocycles. The van der Waals surface area contributed by atoms with E-state index in [1.54, 1.807) is 0 Å². The van der Waals surface area contributed by atoms with Crippen molar-refractivity contribution in [1.82, 2.24) is 4.90 Å². The van der Waals surface area contributed by atoms with Gasteiger partial charge < -0.3 is 4.90 Å². The van der Waals surface area contributed by atoms with Crippen molar-refractivity contribution in [3.8, 4) is 0 Å². The minimum absolute atomic E-state index is 0. The monoisotopic (exact) mass is 277 g/mol. The number of rotatable bonds is 11. The lowest BCUT2D eigenvalue weighted by atomic mass is 10.1. The normalized spacial score (nSPS) is 9.56. The van der Waals surface area contributed by atoms with Gasteiger partial charge in [-0.25, -0.2) is 0 Å². The summed E-state index contributed by atoms with van der Waals surface area (Å²) in [6, 6.07) is 0. The molecule has 0 aromatic carbocycles. The Hall–Kier alpha value is -0.0100. The second-order valence-electron chi connectivity index (χ2n) is 4.99. The summed E-state index contributed by atoms with van der Waals surface area (Å²) in [5.74, 6) is 0. The van der Waals surface area contributed by atoms with Gasteiger partial charge in [0.1, 0.15) is 0 Å². The maximum Gasteiger partial charge on any atom is -0.00248 e. The fraction of sp³-hybridized carbons (Fsp3) is 0.875. The molecule has 0 aromatic heterocycles. The highest BCUT2D eigenvalue weighted by Gasteiger charge is 1.93. The summed E-state index contributed by atoms with van der Waals surface area (Å²) in [6.07, 6.45) is 14.4. The van der Waals surface area contributed by atoms with Crippen LogP contribution in [0.15, 0.2) is 13.2 Å². The smallest absolute Gasteiger partial charge is 0.00248 e. The Balaban J connectivity index is -0.000000709. The fourth-order valence-corrected chi connectivity index (χ4v) is 1.92. The number of hydrogen-bond acceptors (Lipinski definition) is 1. The minimum atomic E-state index is 0. The predicted octanol–water partition coefficient (Wildman–Crippen LogP) is 5.69. The number of nitrogens with zero attached hydrogens (tertiary/aromatic N) is 1. The second-order valence-corrected chi connectivity index (χ2v) is 4.99. The standard InChI is InChI=1S/C14H31N.C2H4.ClH/c1-4-5-6-7-8-9-10-11-12-13-14-15(2)3;1-2;/h4-14H2,1-3H3;1-2H2;1H. The quantitative estimate of drug-likeness (QED) is 0.346. The lowest BCUT2D eigenvalue weighted by molar-refractivity contribution is 0.389. The molecule has 0 aliphatic carbocycles. The molecule has 0 aromatic rings. The van der Waals surface area contributed by atoms with Crippen molar-refractivity contribution >= 4 is 12.4 Å². The second kappa shape index (κ2) is 22.2. The average Bonchev–Trinajstić information content (AvgIpc) is 2.34. The van der Waals surface area contributed by atoms with E-state index in [0.717, 1.165) is 0 Å². The first-order valence-corrected chi connectivity index (χ1v) is 7.42. The molecule has 18 heavy (non-hydrogen) atoms. The van der Waals surface area contributed by atoms with Gasteiger partial charge in [-0.15, -0.1) is 25.6 Å². The molecule has 2 heteroatoms. The van der Waals surface area contributed by atoms with Gasteiger partial charge in [0.05, 0.1) is 0 Å². The number of halogens is 1. The molecule has 0 rings (SSSR count). The van der Waals surface area contributed by atoms with E-state index in [0.29, 0.717) is 0 Å². The molecule has 0 aliphatic rings. The maximum atomic E-state index is 3.00. The molecule has 0 N–H and O–H groups in total. The van der Waals surface area contributed by atoms with Gasteiger partial charge in [-0.3, -0.25) is 0 Å². The lowest BCUT2D eigenvalue weighted by Crippen LogP contribution is -2.12. The maximum absolute atomic E-state index is 3.00. The van der Waals surface area contributed by atoms with E-state index < -0.39 is 0 Å². The van der Waals surface area contributed by atoms with Crippen LogP contribution < -0.4 is 0 Å². The largest absolute Gasteiger partial charge is 0.309 e. The summed E-state index contributed by atoms with van der Waals surface area (Å²) < 4.78 is 0. The highest BCUT2D eigenvalue weighted by Crippen LogP contribution is 2.10. The molecule has 0 fully saturated rings. The predicted molar refractivity (Wildman–Crippen MR) is 88.9 cm³/mol. The zero-order chi connectivity index (χ0) is 13.4. The minimum Gasteiger partial charge on any atom is -0.309 e. The summed E-state index contributed by atoms with van der Waals surface area (Å²) in [5.41, 5.74) is 0. The molecule has 0 amide bonds. The summed E-state index contributed by atoms with van der Waals surface area (Å²) in [5, 5.41) is 0. The molecule has 0 unspecified atom stereocenters. The lowest BCUT2D eigenvalue weighted by Gasteiger charge is -2.08. The van der Waals surface area contributed by atoms with Crippen LogP contribution in [0.2, 0.25) is 0 Å². The summed E-state index contributed by atoms with van der Waals surface area (Å²) in [6.45, 7) is 9.54. The molecule has 0 heterocycles. The van der Waals surface area contributed by atoms with Gasteiger partial charge in [0.2, 0.25) is 0 Å². The van der Waals surface area contributed by atoms with Crippen LogP contribution in [0.25, 0.3) is 0 Å². The Kier molecular flexibility index (Phi) is 28.5. The molecule has 0 atom stereocenters. The third-order valence-corrected chi connectivity index (χ3v) is 2.96. The van der Waals surface area contributed by atoms with E-state index in [4.69, 9.17) is 0 Å². The van der Waals surface area contributed by atoms with Crippen molar-refractivity contribution in [3.63, 3.8) is 0 Å². The van der Waals surface area contributed by atoms with Crippen LogP contribution in [0.4, 0.5) is 0 Å². The molecule has 0 saturated heterocycles. The van der Waals surface area contributed by atoms with Crippen molar-refractivity contribution in [2.45, 2.75) is 71.1 Å². The molecular weight excluding hydrogens is 242 g/mol. The zero-order valence-electron chi connectivity index (χ0n) is 13.0. The van der Waals surface area contributed by atoms with Gasteiger partial charge in [0, 0.05) is 0 Å².